The number of rotatable bonds is 1. The molecule has 0 aromatic carbocycles. The minimum Gasteiger partial charge on any atom is -0.453 e. The number of methoxy groups -OCH3 is 1. The highest BCUT2D eigenvalue weighted by Crippen LogP contribution is 2.17. The fourth-order valence-electron chi connectivity index (χ4n) is 1.71. The van der Waals surface area contributed by atoms with Crippen molar-refractivity contribution >= 4 is 12.0 Å². The Kier molecular flexibility index (Phi) is 3.73. The van der Waals surface area contributed by atoms with Crippen molar-refractivity contribution in [2.24, 2.45) is 0 Å². The maximum absolute atomic E-state index is 11.4. The van der Waals surface area contributed by atoms with E-state index in [9.17, 15) is 9.59 Å². The quantitative estimate of drug-likeness (QED) is 0.664. The van der Waals surface area contributed by atoms with Crippen LogP contribution in [0.2, 0.25) is 0 Å². The van der Waals surface area contributed by atoms with Gasteiger partial charge in [-0.2, -0.15) is 0 Å². The number of nitrogens with zero attached hydrogens (tertiary/aromatic N) is 1. The molecule has 1 aliphatic heterocycles. The second-order valence-corrected chi connectivity index (χ2v) is 3.29. The number of hydrogen-bond donors (Lipinski definition) is 1. The average Bonchev–Trinajstić information content (AvgIpc) is 2.27. The summed E-state index contributed by atoms with van der Waals surface area (Å²) in [5.74, 6) is -0.116. The summed E-state index contributed by atoms with van der Waals surface area (Å²) in [5, 5.41) is 2.56. The van der Waals surface area contributed by atoms with Crippen molar-refractivity contribution in [3.63, 3.8) is 0 Å². The molecule has 1 aliphatic rings. The SMILES string of the molecule is CNC(=O)C1CCCCN1C(=O)OC. The summed E-state index contributed by atoms with van der Waals surface area (Å²) >= 11 is 0. The molecule has 1 rings (SSSR count). The zero-order valence-corrected chi connectivity index (χ0v) is 8.58. The highest BCUT2D eigenvalue weighted by atomic mass is 16.5. The van der Waals surface area contributed by atoms with Crippen molar-refractivity contribution in [1.29, 1.82) is 0 Å². The molecule has 1 heterocycles. The molecule has 0 spiro atoms. The molecule has 0 aliphatic carbocycles. The second kappa shape index (κ2) is 4.83. The van der Waals surface area contributed by atoms with Gasteiger partial charge in [0.15, 0.2) is 0 Å². The summed E-state index contributed by atoms with van der Waals surface area (Å²) in [6.45, 7) is 0.602. The summed E-state index contributed by atoms with van der Waals surface area (Å²) < 4.78 is 4.62. The van der Waals surface area contributed by atoms with E-state index >= 15 is 0 Å². The third-order valence-corrected chi connectivity index (χ3v) is 2.46. The Hall–Kier alpha value is -1.26. The van der Waals surface area contributed by atoms with E-state index in [4.69, 9.17) is 0 Å². The van der Waals surface area contributed by atoms with Crippen LogP contribution >= 0.6 is 0 Å². The number of nitrogens with one attached hydrogen (secondary N) is 1. The zero-order valence-electron chi connectivity index (χ0n) is 8.58. The van der Waals surface area contributed by atoms with E-state index < -0.39 is 6.09 Å². The van der Waals surface area contributed by atoms with Gasteiger partial charge in [0.25, 0.3) is 0 Å². The first-order valence-corrected chi connectivity index (χ1v) is 4.77. The van der Waals surface area contributed by atoms with E-state index in [1.165, 1.54) is 12.0 Å². The summed E-state index contributed by atoms with van der Waals surface area (Å²) in [6, 6.07) is -0.360. The Morgan fingerprint density at radius 3 is 2.71 bits per heavy atom. The summed E-state index contributed by atoms with van der Waals surface area (Å²) in [6.07, 6.45) is 2.21. The van der Waals surface area contributed by atoms with Crippen LogP contribution in [0.15, 0.2) is 0 Å². The predicted octanol–water partition coefficient (Wildman–Crippen LogP) is 0.353. The number of carbonyl (C=O) groups is 2. The topological polar surface area (TPSA) is 58.6 Å². The molecule has 0 aromatic rings. The highest BCUT2D eigenvalue weighted by molar-refractivity contribution is 5.85. The minimum atomic E-state index is -0.418. The Morgan fingerprint density at radius 2 is 2.14 bits per heavy atom. The molecular weight excluding hydrogens is 184 g/mol. The van der Waals surface area contributed by atoms with E-state index in [0.29, 0.717) is 6.54 Å². The number of hydrogen-bond acceptors (Lipinski definition) is 3. The molecule has 0 bridgehead atoms. The highest BCUT2D eigenvalue weighted by Gasteiger charge is 2.31. The summed E-state index contributed by atoms with van der Waals surface area (Å²) in [4.78, 5) is 24.2. The monoisotopic (exact) mass is 200 g/mol. The first-order chi connectivity index (χ1) is 6.70. The Morgan fingerprint density at radius 1 is 1.43 bits per heavy atom. The molecule has 14 heavy (non-hydrogen) atoms. The maximum Gasteiger partial charge on any atom is 0.410 e. The van der Waals surface area contributed by atoms with Gasteiger partial charge < -0.3 is 10.1 Å². The summed E-state index contributed by atoms with van der Waals surface area (Å²) in [7, 11) is 2.91. The standard InChI is InChI=1S/C9H16N2O3/c1-10-8(12)7-5-3-4-6-11(7)9(13)14-2/h7H,3-6H2,1-2H3,(H,10,12). The van der Waals surface area contributed by atoms with Crippen LogP contribution in [-0.2, 0) is 9.53 Å². The van der Waals surface area contributed by atoms with Crippen molar-refractivity contribution in [2.75, 3.05) is 20.7 Å². The fraction of sp³-hybridized carbons (Fsp3) is 0.778. The number of likely N-dealkylation sites (tertiary alicyclic amines) is 1. The van der Waals surface area contributed by atoms with Crippen molar-refractivity contribution in [2.45, 2.75) is 25.3 Å². The van der Waals surface area contributed by atoms with E-state index in [1.54, 1.807) is 7.05 Å². The van der Waals surface area contributed by atoms with E-state index in [0.717, 1.165) is 19.3 Å². The zero-order chi connectivity index (χ0) is 10.6. The van der Waals surface area contributed by atoms with Crippen LogP contribution in [-0.4, -0.2) is 43.6 Å². The van der Waals surface area contributed by atoms with Gasteiger partial charge in [0, 0.05) is 13.6 Å². The molecule has 5 heteroatoms. The second-order valence-electron chi connectivity index (χ2n) is 3.29. The molecular formula is C9H16N2O3. The minimum absolute atomic E-state index is 0.116. The van der Waals surface area contributed by atoms with E-state index in [-0.39, 0.29) is 11.9 Å². The summed E-state index contributed by atoms with van der Waals surface area (Å²) in [5.41, 5.74) is 0. The van der Waals surface area contributed by atoms with Crippen molar-refractivity contribution < 1.29 is 14.3 Å². The molecule has 1 saturated heterocycles. The van der Waals surface area contributed by atoms with Crippen molar-refractivity contribution in [1.82, 2.24) is 10.2 Å². The van der Waals surface area contributed by atoms with Crippen LogP contribution in [0, 0.1) is 0 Å². The lowest BCUT2D eigenvalue weighted by molar-refractivity contribution is -0.126. The van der Waals surface area contributed by atoms with E-state index in [1.807, 2.05) is 0 Å². The molecule has 1 atom stereocenters. The van der Waals surface area contributed by atoms with Crippen LogP contribution in [0.25, 0.3) is 0 Å². The lowest BCUT2D eigenvalue weighted by Crippen LogP contribution is -2.51. The molecule has 0 saturated carbocycles. The molecule has 1 unspecified atom stereocenters. The fourth-order valence-corrected chi connectivity index (χ4v) is 1.71. The molecule has 5 nitrogen and oxygen atoms in total. The van der Waals surface area contributed by atoms with Crippen LogP contribution < -0.4 is 5.32 Å². The molecule has 0 aromatic heterocycles. The van der Waals surface area contributed by atoms with Gasteiger partial charge in [0.1, 0.15) is 6.04 Å². The molecule has 0 radical (unpaired) electrons. The average molecular weight is 200 g/mol. The van der Waals surface area contributed by atoms with Crippen LogP contribution in [0.1, 0.15) is 19.3 Å². The maximum atomic E-state index is 11.4. The van der Waals surface area contributed by atoms with Gasteiger partial charge in [-0.3, -0.25) is 9.69 Å². The van der Waals surface area contributed by atoms with Crippen LogP contribution in [0.4, 0.5) is 4.79 Å². The number of likely N-dealkylation sites (N-methyl/N-ethyl adjacent to an activating group) is 1. The molecule has 2 amide bonds. The first kappa shape index (κ1) is 10.8. The molecule has 1 N–H and O–H groups in total. The predicted molar refractivity (Wildman–Crippen MR) is 50.8 cm³/mol. The van der Waals surface area contributed by atoms with Gasteiger partial charge in [0.2, 0.25) is 5.91 Å². The van der Waals surface area contributed by atoms with Gasteiger partial charge in [0.05, 0.1) is 7.11 Å². The first-order valence-electron chi connectivity index (χ1n) is 4.77. The van der Waals surface area contributed by atoms with Gasteiger partial charge in [-0.25, -0.2) is 4.79 Å². The normalized spacial score (nSPS) is 21.6. The number of piperidine rings is 1. The van der Waals surface area contributed by atoms with Gasteiger partial charge in [-0.15, -0.1) is 0 Å². The Balaban J connectivity index is 2.68. The van der Waals surface area contributed by atoms with Gasteiger partial charge >= 0.3 is 6.09 Å². The molecule has 1 fully saturated rings. The number of amides is 2. The smallest absolute Gasteiger partial charge is 0.410 e. The largest absolute Gasteiger partial charge is 0.453 e. The third kappa shape index (κ3) is 2.16. The van der Waals surface area contributed by atoms with Gasteiger partial charge in [-0.05, 0) is 19.3 Å². The van der Waals surface area contributed by atoms with Crippen molar-refractivity contribution in [3.05, 3.63) is 0 Å². The Labute approximate surface area is 83.4 Å². The van der Waals surface area contributed by atoms with Crippen LogP contribution in [0.5, 0.6) is 0 Å². The van der Waals surface area contributed by atoms with Crippen molar-refractivity contribution in [3.8, 4) is 0 Å². The lowest BCUT2D eigenvalue weighted by Gasteiger charge is -2.32. The number of ether oxygens (including phenoxy) is 1. The number of carbonyl (C=O) groups excluding carboxylic acids is 2. The third-order valence-electron chi connectivity index (χ3n) is 2.46. The van der Waals surface area contributed by atoms with Crippen LogP contribution in [0.3, 0.4) is 0 Å². The Bertz CT molecular complexity index is 206. The lowest BCUT2D eigenvalue weighted by atomic mass is 10.0. The van der Waals surface area contributed by atoms with E-state index in [2.05, 4.69) is 10.1 Å². The molecule has 80 valence electrons. The van der Waals surface area contributed by atoms with Gasteiger partial charge in [-0.1, -0.05) is 0 Å².